The van der Waals surface area contributed by atoms with Crippen LogP contribution in [0.3, 0.4) is 0 Å². The van der Waals surface area contributed by atoms with E-state index in [1.54, 1.807) is 25.6 Å². The topological polar surface area (TPSA) is 122 Å². The van der Waals surface area contributed by atoms with Crippen molar-refractivity contribution in [1.82, 2.24) is 25.0 Å². The molecule has 2 amide bonds. The lowest BCUT2D eigenvalue weighted by Crippen LogP contribution is -2.59. The molecule has 2 aliphatic rings. The number of hydrogen-bond acceptors (Lipinski definition) is 10. The monoisotopic (exact) mass is 777 g/mol. The fourth-order valence-electron chi connectivity index (χ4n) is 6.55. The van der Waals surface area contributed by atoms with Crippen molar-refractivity contribution in [2.45, 2.75) is 39.7 Å². The largest absolute Gasteiger partial charge is 0.493 e. The molecule has 0 bridgehead atoms. The number of pyridine rings is 1. The SMILES string of the molecule is COc1cc2c(Cc3ccncc3)nnc(N3CCN(C(=O)C(=O)Nc4ccc(Br)cc4F)CC3)c2cc1OCC(C)(C)C(C)(C)N1CCOCC1. The summed E-state index contributed by atoms with van der Waals surface area (Å²) in [6, 6.07) is 12.1. The maximum absolute atomic E-state index is 14.3. The summed E-state index contributed by atoms with van der Waals surface area (Å²) in [5, 5.41) is 13.5. The maximum atomic E-state index is 14.3. The zero-order chi connectivity index (χ0) is 37.0. The Balaban J connectivity index is 1.25. The molecule has 276 valence electrons. The zero-order valence-corrected chi connectivity index (χ0v) is 31.8. The van der Waals surface area contributed by atoms with Crippen molar-refractivity contribution in [2.75, 3.05) is 76.4 Å². The second kappa shape index (κ2) is 15.7. The molecule has 2 fully saturated rings. The number of methoxy groups -OCH3 is 1. The number of benzene rings is 2. The Bertz CT molecular complexity index is 1920. The van der Waals surface area contributed by atoms with Gasteiger partial charge in [-0.25, -0.2) is 4.39 Å². The van der Waals surface area contributed by atoms with Gasteiger partial charge < -0.3 is 29.3 Å². The average molecular weight is 779 g/mol. The Labute approximate surface area is 311 Å². The third kappa shape index (κ3) is 7.98. The minimum atomic E-state index is -0.894. The number of anilines is 2. The molecule has 0 spiro atoms. The number of amides is 2. The van der Waals surface area contributed by atoms with Gasteiger partial charge in [0.25, 0.3) is 0 Å². The Morgan fingerprint density at radius 2 is 1.62 bits per heavy atom. The number of fused-ring (bicyclic) bond motifs is 1. The highest BCUT2D eigenvalue weighted by molar-refractivity contribution is 9.10. The van der Waals surface area contributed by atoms with Crippen LogP contribution in [0.25, 0.3) is 10.8 Å². The first kappa shape index (κ1) is 37.4. The fourth-order valence-corrected chi connectivity index (χ4v) is 6.88. The van der Waals surface area contributed by atoms with E-state index < -0.39 is 17.6 Å². The van der Waals surface area contributed by atoms with Crippen LogP contribution in [0.15, 0.2) is 59.3 Å². The minimum absolute atomic E-state index is 0.0599. The number of carbonyl (C=O) groups excluding carboxylic acids is 2. The van der Waals surface area contributed by atoms with Crippen LogP contribution in [-0.4, -0.2) is 109 Å². The van der Waals surface area contributed by atoms with Gasteiger partial charge in [-0.15, -0.1) is 5.10 Å². The average Bonchev–Trinajstić information content (AvgIpc) is 3.15. The molecule has 14 heteroatoms. The van der Waals surface area contributed by atoms with E-state index in [1.165, 1.54) is 17.0 Å². The zero-order valence-electron chi connectivity index (χ0n) is 30.2. The van der Waals surface area contributed by atoms with E-state index >= 15 is 0 Å². The van der Waals surface area contributed by atoms with E-state index in [2.05, 4.69) is 68.8 Å². The quantitative estimate of drug-likeness (QED) is 0.212. The van der Waals surface area contributed by atoms with Crippen LogP contribution >= 0.6 is 15.9 Å². The van der Waals surface area contributed by atoms with Crippen LogP contribution in [0.1, 0.15) is 39.0 Å². The molecule has 0 unspecified atom stereocenters. The molecular weight excluding hydrogens is 733 g/mol. The van der Waals surface area contributed by atoms with E-state index in [-0.39, 0.29) is 29.7 Å². The summed E-state index contributed by atoms with van der Waals surface area (Å²) in [7, 11) is 1.63. The minimum Gasteiger partial charge on any atom is -0.493 e. The maximum Gasteiger partial charge on any atom is 0.313 e. The predicted octanol–water partition coefficient (Wildman–Crippen LogP) is 5.33. The molecule has 2 aliphatic heterocycles. The summed E-state index contributed by atoms with van der Waals surface area (Å²) < 4.78 is 33.0. The highest BCUT2D eigenvalue weighted by Gasteiger charge is 2.43. The molecule has 12 nitrogen and oxygen atoms in total. The number of rotatable bonds is 10. The lowest BCUT2D eigenvalue weighted by Gasteiger charge is -2.50. The summed E-state index contributed by atoms with van der Waals surface area (Å²) >= 11 is 3.20. The van der Waals surface area contributed by atoms with Crippen LogP contribution < -0.4 is 19.7 Å². The lowest BCUT2D eigenvalue weighted by molar-refractivity contribution is -0.143. The third-order valence-corrected chi connectivity index (χ3v) is 11.0. The fraction of sp³-hybridized carbons (Fsp3) is 0.447. The molecule has 0 aliphatic carbocycles. The molecule has 1 N–H and O–H groups in total. The van der Waals surface area contributed by atoms with Crippen LogP contribution in [0.4, 0.5) is 15.9 Å². The van der Waals surface area contributed by atoms with Gasteiger partial charge in [-0.2, -0.15) is 5.10 Å². The molecule has 52 heavy (non-hydrogen) atoms. The van der Waals surface area contributed by atoms with E-state index in [9.17, 15) is 14.0 Å². The molecule has 6 rings (SSSR count). The van der Waals surface area contributed by atoms with E-state index in [0.717, 1.165) is 35.1 Å². The van der Waals surface area contributed by atoms with Gasteiger partial charge in [0, 0.05) is 84.3 Å². The van der Waals surface area contributed by atoms with Crippen LogP contribution in [0.5, 0.6) is 11.5 Å². The summed E-state index contributed by atoms with van der Waals surface area (Å²) in [5.41, 5.74) is 1.34. The molecule has 2 saturated heterocycles. The molecule has 0 atom stereocenters. The first-order valence-electron chi connectivity index (χ1n) is 17.4. The van der Waals surface area contributed by atoms with Crippen molar-refractivity contribution >= 4 is 50.0 Å². The van der Waals surface area contributed by atoms with Gasteiger partial charge in [0.05, 0.1) is 38.3 Å². The third-order valence-electron chi connectivity index (χ3n) is 10.5. The second-order valence-corrected chi connectivity index (χ2v) is 15.2. The number of halogens is 2. The van der Waals surface area contributed by atoms with Crippen molar-refractivity contribution in [3.63, 3.8) is 0 Å². The highest BCUT2D eigenvalue weighted by Crippen LogP contribution is 2.41. The van der Waals surface area contributed by atoms with Crippen molar-refractivity contribution in [3.8, 4) is 11.5 Å². The first-order valence-corrected chi connectivity index (χ1v) is 18.2. The number of aromatic nitrogens is 3. The lowest BCUT2D eigenvalue weighted by atomic mass is 9.73. The number of hydrogen-bond donors (Lipinski definition) is 1. The second-order valence-electron chi connectivity index (χ2n) is 14.2. The van der Waals surface area contributed by atoms with Gasteiger partial charge in [0.1, 0.15) is 5.82 Å². The standard InChI is InChI=1S/C38H45BrFN7O5/c1-37(2,38(3,4)47-16-18-51-19-17-47)24-52-33-23-28-27(22-32(33)50-5)31(20-25-8-10-41-11-9-25)43-44-34(28)45-12-14-46(15-13-45)36(49)35(48)42-30-7-6-26(39)21-29(30)40/h6-11,21-23H,12-20,24H2,1-5H3,(H,42,48). The number of ether oxygens (including phenoxy) is 3. The molecule has 0 saturated carbocycles. The Morgan fingerprint density at radius 3 is 2.29 bits per heavy atom. The predicted molar refractivity (Wildman–Crippen MR) is 200 cm³/mol. The molecule has 4 heterocycles. The number of piperazine rings is 1. The van der Waals surface area contributed by atoms with Gasteiger partial charge in [-0.3, -0.25) is 19.5 Å². The number of carbonyl (C=O) groups is 2. The van der Waals surface area contributed by atoms with Crippen LogP contribution in [0.2, 0.25) is 0 Å². The molecular formula is C38H45BrFN7O5. The van der Waals surface area contributed by atoms with Crippen LogP contribution in [-0.2, 0) is 20.7 Å². The van der Waals surface area contributed by atoms with Crippen molar-refractivity contribution in [1.29, 1.82) is 0 Å². The number of nitrogens with zero attached hydrogens (tertiary/aromatic N) is 6. The number of morpholine rings is 1. The molecule has 2 aromatic carbocycles. The van der Waals surface area contributed by atoms with Gasteiger partial charge in [-0.05, 0) is 61.9 Å². The number of nitrogens with one attached hydrogen (secondary N) is 1. The Hall–Kier alpha value is -4.40. The van der Waals surface area contributed by atoms with Crippen molar-refractivity contribution in [3.05, 3.63) is 76.4 Å². The van der Waals surface area contributed by atoms with Gasteiger partial charge in [0.2, 0.25) is 0 Å². The van der Waals surface area contributed by atoms with Crippen molar-refractivity contribution < 1.29 is 28.2 Å². The van der Waals surface area contributed by atoms with E-state index in [4.69, 9.17) is 19.3 Å². The highest BCUT2D eigenvalue weighted by atomic mass is 79.9. The van der Waals surface area contributed by atoms with Gasteiger partial charge >= 0.3 is 11.8 Å². The van der Waals surface area contributed by atoms with Gasteiger partial charge in [-0.1, -0.05) is 29.8 Å². The molecule has 2 aromatic heterocycles. The first-order chi connectivity index (χ1) is 24.9. The summed E-state index contributed by atoms with van der Waals surface area (Å²) in [6.45, 7) is 13.9. The Kier molecular flexibility index (Phi) is 11.3. The summed E-state index contributed by atoms with van der Waals surface area (Å²) in [4.78, 5) is 36.0. The smallest absolute Gasteiger partial charge is 0.313 e. The van der Waals surface area contributed by atoms with Crippen LogP contribution in [0, 0.1) is 11.2 Å². The molecule has 4 aromatic rings. The molecule has 0 radical (unpaired) electrons. The van der Waals surface area contributed by atoms with Gasteiger partial charge in [0.15, 0.2) is 17.3 Å². The Morgan fingerprint density at radius 1 is 0.923 bits per heavy atom. The normalized spacial score (nSPS) is 15.8. The summed E-state index contributed by atoms with van der Waals surface area (Å²) in [5.74, 6) is -0.436. The van der Waals surface area contributed by atoms with E-state index in [1.807, 2.05) is 24.3 Å². The van der Waals surface area contributed by atoms with E-state index in [0.29, 0.717) is 61.1 Å². The summed E-state index contributed by atoms with van der Waals surface area (Å²) in [6.07, 6.45) is 4.04. The van der Waals surface area contributed by atoms with Crippen molar-refractivity contribution in [2.24, 2.45) is 5.41 Å².